The standard InChI is InChI=1S/C19H22ClN3O4S/c1-27-17-5-7-18(8-6-17)28(25,26)22-15-9-11-23(12-10-15)19(24)21-16-4-2-3-14(20)13-16/h2-8,13,15,22H,9-12H2,1H3,(H,21,24). The molecule has 28 heavy (non-hydrogen) atoms. The Kier molecular flexibility index (Phi) is 6.43. The topological polar surface area (TPSA) is 87.7 Å². The van der Waals surface area contributed by atoms with Gasteiger partial charge in [0.15, 0.2) is 0 Å². The quantitative estimate of drug-likeness (QED) is 0.772. The van der Waals surface area contributed by atoms with Crippen molar-refractivity contribution in [3.63, 3.8) is 0 Å². The number of sulfonamides is 1. The van der Waals surface area contributed by atoms with Gasteiger partial charge in [0.05, 0.1) is 12.0 Å². The molecule has 0 spiro atoms. The van der Waals surface area contributed by atoms with E-state index in [1.165, 1.54) is 19.2 Å². The number of halogens is 1. The molecule has 0 unspecified atom stereocenters. The fraction of sp³-hybridized carbons (Fsp3) is 0.316. The zero-order valence-corrected chi connectivity index (χ0v) is 17.0. The smallest absolute Gasteiger partial charge is 0.321 e. The van der Waals surface area contributed by atoms with Crippen LogP contribution in [-0.2, 0) is 10.0 Å². The SMILES string of the molecule is COc1ccc(S(=O)(=O)NC2CCN(C(=O)Nc3cccc(Cl)c3)CC2)cc1. The number of carbonyl (C=O) groups excluding carboxylic acids is 1. The molecule has 2 amide bonds. The predicted molar refractivity (Wildman–Crippen MR) is 108 cm³/mol. The fourth-order valence-electron chi connectivity index (χ4n) is 3.01. The van der Waals surface area contributed by atoms with Gasteiger partial charge in [-0.05, 0) is 55.3 Å². The number of amides is 2. The maximum atomic E-state index is 12.5. The number of ether oxygens (including phenoxy) is 1. The predicted octanol–water partition coefficient (Wildman–Crippen LogP) is 3.32. The molecule has 3 rings (SSSR count). The van der Waals surface area contributed by atoms with Crippen molar-refractivity contribution in [2.24, 2.45) is 0 Å². The van der Waals surface area contributed by atoms with Gasteiger partial charge in [0.1, 0.15) is 5.75 Å². The summed E-state index contributed by atoms with van der Waals surface area (Å²) in [6.07, 6.45) is 1.08. The van der Waals surface area contributed by atoms with Crippen LogP contribution in [0.3, 0.4) is 0 Å². The monoisotopic (exact) mass is 423 g/mol. The largest absolute Gasteiger partial charge is 0.497 e. The minimum atomic E-state index is -3.62. The van der Waals surface area contributed by atoms with Crippen LogP contribution >= 0.6 is 11.6 Å². The summed E-state index contributed by atoms with van der Waals surface area (Å²) in [4.78, 5) is 14.2. The van der Waals surface area contributed by atoms with Crippen LogP contribution in [0.2, 0.25) is 5.02 Å². The molecule has 0 radical (unpaired) electrons. The van der Waals surface area contributed by atoms with E-state index in [0.29, 0.717) is 42.4 Å². The Morgan fingerprint density at radius 3 is 2.43 bits per heavy atom. The molecular weight excluding hydrogens is 402 g/mol. The highest BCUT2D eigenvalue weighted by Gasteiger charge is 2.26. The van der Waals surface area contributed by atoms with Crippen molar-refractivity contribution in [3.8, 4) is 5.75 Å². The molecule has 1 aliphatic rings. The molecule has 0 aromatic heterocycles. The second kappa shape index (κ2) is 8.81. The van der Waals surface area contributed by atoms with E-state index in [1.807, 2.05) is 0 Å². The minimum absolute atomic E-state index is 0.189. The number of nitrogens with one attached hydrogen (secondary N) is 2. The van der Waals surface area contributed by atoms with Crippen LogP contribution < -0.4 is 14.8 Å². The normalized spacial score (nSPS) is 15.3. The van der Waals surface area contributed by atoms with Crippen molar-refractivity contribution < 1.29 is 17.9 Å². The highest BCUT2D eigenvalue weighted by Crippen LogP contribution is 2.19. The van der Waals surface area contributed by atoms with E-state index in [0.717, 1.165) is 0 Å². The molecule has 1 fully saturated rings. The Balaban J connectivity index is 1.53. The summed E-state index contributed by atoms with van der Waals surface area (Å²) < 4.78 is 32.8. The number of urea groups is 1. The van der Waals surface area contributed by atoms with Crippen LogP contribution in [-0.4, -0.2) is 45.6 Å². The van der Waals surface area contributed by atoms with Crippen LogP contribution in [0.25, 0.3) is 0 Å². The van der Waals surface area contributed by atoms with E-state index in [9.17, 15) is 13.2 Å². The highest BCUT2D eigenvalue weighted by molar-refractivity contribution is 7.89. The molecule has 2 aromatic carbocycles. The number of methoxy groups -OCH3 is 1. The van der Waals surface area contributed by atoms with Gasteiger partial charge in [0, 0.05) is 29.8 Å². The first kappa shape index (κ1) is 20.4. The average molecular weight is 424 g/mol. The van der Waals surface area contributed by atoms with E-state index in [-0.39, 0.29) is 17.0 Å². The molecule has 9 heteroatoms. The fourth-order valence-corrected chi connectivity index (χ4v) is 4.51. The van der Waals surface area contributed by atoms with E-state index in [2.05, 4.69) is 10.0 Å². The molecule has 0 saturated carbocycles. The second-order valence-corrected chi connectivity index (χ2v) is 8.65. The lowest BCUT2D eigenvalue weighted by Crippen LogP contribution is -2.47. The van der Waals surface area contributed by atoms with Gasteiger partial charge in [0.2, 0.25) is 10.0 Å². The van der Waals surface area contributed by atoms with Crippen molar-refractivity contribution in [1.82, 2.24) is 9.62 Å². The lowest BCUT2D eigenvalue weighted by Gasteiger charge is -2.32. The first-order valence-electron chi connectivity index (χ1n) is 8.85. The van der Waals surface area contributed by atoms with Gasteiger partial charge >= 0.3 is 6.03 Å². The molecule has 0 bridgehead atoms. The van der Waals surface area contributed by atoms with Crippen molar-refractivity contribution in [2.75, 3.05) is 25.5 Å². The third-order valence-corrected chi connectivity index (χ3v) is 6.32. The van der Waals surface area contributed by atoms with E-state index < -0.39 is 10.0 Å². The van der Waals surface area contributed by atoms with Gasteiger partial charge in [-0.25, -0.2) is 17.9 Å². The Labute approximate surface area is 169 Å². The number of likely N-dealkylation sites (tertiary alicyclic amines) is 1. The zero-order valence-electron chi connectivity index (χ0n) is 15.4. The van der Waals surface area contributed by atoms with Gasteiger partial charge in [-0.3, -0.25) is 0 Å². The van der Waals surface area contributed by atoms with Crippen LogP contribution in [0.1, 0.15) is 12.8 Å². The zero-order chi connectivity index (χ0) is 20.1. The maximum absolute atomic E-state index is 12.5. The molecule has 150 valence electrons. The average Bonchev–Trinajstić information content (AvgIpc) is 2.68. The first-order valence-corrected chi connectivity index (χ1v) is 10.7. The summed E-state index contributed by atoms with van der Waals surface area (Å²) in [5.74, 6) is 0.595. The summed E-state index contributed by atoms with van der Waals surface area (Å²) in [5.41, 5.74) is 0.625. The number of hydrogen-bond donors (Lipinski definition) is 2. The molecule has 7 nitrogen and oxygen atoms in total. The molecule has 1 heterocycles. The molecular formula is C19H22ClN3O4S. The minimum Gasteiger partial charge on any atom is -0.497 e. The van der Waals surface area contributed by atoms with Crippen molar-refractivity contribution in [3.05, 3.63) is 53.6 Å². The van der Waals surface area contributed by atoms with Crippen LogP contribution in [0.5, 0.6) is 5.75 Å². The number of carbonyl (C=O) groups is 1. The summed E-state index contributed by atoms with van der Waals surface area (Å²) in [7, 11) is -2.09. The van der Waals surface area contributed by atoms with Gasteiger partial charge in [-0.1, -0.05) is 17.7 Å². The molecule has 2 N–H and O–H groups in total. The summed E-state index contributed by atoms with van der Waals surface area (Å²) in [6.45, 7) is 0.921. The van der Waals surface area contributed by atoms with Crippen molar-refractivity contribution in [1.29, 1.82) is 0 Å². The summed E-state index contributed by atoms with van der Waals surface area (Å²) >= 11 is 5.93. The molecule has 1 saturated heterocycles. The number of anilines is 1. The maximum Gasteiger partial charge on any atom is 0.321 e. The lowest BCUT2D eigenvalue weighted by atomic mass is 10.1. The van der Waals surface area contributed by atoms with Gasteiger partial charge < -0.3 is 15.0 Å². The summed E-state index contributed by atoms with van der Waals surface area (Å²) in [5, 5.41) is 3.35. The van der Waals surface area contributed by atoms with E-state index >= 15 is 0 Å². The van der Waals surface area contributed by atoms with Gasteiger partial charge in [-0.15, -0.1) is 0 Å². The number of piperidine rings is 1. The molecule has 0 aliphatic carbocycles. The lowest BCUT2D eigenvalue weighted by molar-refractivity contribution is 0.193. The third-order valence-electron chi connectivity index (χ3n) is 4.55. The Morgan fingerprint density at radius 1 is 1.14 bits per heavy atom. The molecule has 0 atom stereocenters. The second-order valence-electron chi connectivity index (χ2n) is 6.50. The first-order chi connectivity index (χ1) is 13.4. The van der Waals surface area contributed by atoms with Gasteiger partial charge in [-0.2, -0.15) is 0 Å². The number of hydrogen-bond acceptors (Lipinski definition) is 4. The highest BCUT2D eigenvalue weighted by atomic mass is 35.5. The van der Waals surface area contributed by atoms with Crippen LogP contribution in [0, 0.1) is 0 Å². The Bertz CT molecular complexity index is 926. The van der Waals surface area contributed by atoms with Gasteiger partial charge in [0.25, 0.3) is 0 Å². The third kappa shape index (κ3) is 5.15. The van der Waals surface area contributed by atoms with Crippen LogP contribution in [0.15, 0.2) is 53.4 Å². The van der Waals surface area contributed by atoms with E-state index in [4.69, 9.17) is 16.3 Å². The Hall–Kier alpha value is -2.29. The van der Waals surface area contributed by atoms with Crippen LogP contribution in [0.4, 0.5) is 10.5 Å². The summed E-state index contributed by atoms with van der Waals surface area (Å²) in [6, 6.07) is 12.7. The van der Waals surface area contributed by atoms with Crippen molar-refractivity contribution in [2.45, 2.75) is 23.8 Å². The van der Waals surface area contributed by atoms with E-state index in [1.54, 1.807) is 41.3 Å². The number of benzene rings is 2. The van der Waals surface area contributed by atoms with Crippen molar-refractivity contribution >= 4 is 33.3 Å². The number of nitrogens with zero attached hydrogens (tertiary/aromatic N) is 1. The molecule has 1 aliphatic heterocycles. The molecule has 2 aromatic rings. The Morgan fingerprint density at radius 2 is 1.82 bits per heavy atom. The number of rotatable bonds is 5.